The van der Waals surface area contributed by atoms with Gasteiger partial charge in [-0.15, -0.1) is 0 Å². The zero-order valence-corrected chi connectivity index (χ0v) is 10.8. The van der Waals surface area contributed by atoms with Crippen LogP contribution in [0.4, 0.5) is 0 Å². The number of nitrogens with zero attached hydrogens (tertiary/aromatic N) is 1. The summed E-state index contributed by atoms with van der Waals surface area (Å²) < 4.78 is 0. The molecule has 1 aromatic heterocycles. The number of carbonyl (C=O) groups is 2. The molecular weight excluding hydrogens is 254 g/mol. The fraction of sp³-hybridized carbons (Fsp3) is 0.417. The van der Waals surface area contributed by atoms with E-state index in [4.69, 9.17) is 0 Å². The highest BCUT2D eigenvalue weighted by molar-refractivity contribution is 8.13. The molecule has 0 bridgehead atoms. The summed E-state index contributed by atoms with van der Waals surface area (Å²) in [5, 5.41) is 19.6. The Kier molecular flexibility index (Phi) is 5.97. The first-order chi connectivity index (χ1) is 8.54. The average molecular weight is 269 g/mol. The molecule has 1 rings (SSSR count). The normalized spacial score (nSPS) is 13.9. The van der Waals surface area contributed by atoms with Crippen LogP contribution < -0.4 is 0 Å². The lowest BCUT2D eigenvalue weighted by atomic mass is 10.1. The fourth-order valence-corrected chi connectivity index (χ4v) is 2.03. The molecule has 0 saturated heterocycles. The van der Waals surface area contributed by atoms with Gasteiger partial charge < -0.3 is 10.2 Å². The van der Waals surface area contributed by atoms with Crippen LogP contribution in [-0.2, 0) is 4.79 Å². The second-order valence-corrected chi connectivity index (χ2v) is 5.04. The van der Waals surface area contributed by atoms with E-state index < -0.39 is 12.2 Å². The second kappa shape index (κ2) is 7.25. The standard InChI is InChI=1S/C12H15NO4S/c1-8(15)18-5-3-11(16)12(17)10-6-9(7-14)2-4-13-10/h2,4,6-7,11-12,16-17H,3,5H2,1H3. The largest absolute Gasteiger partial charge is 0.390 e. The number of aldehydes is 1. The lowest BCUT2D eigenvalue weighted by Crippen LogP contribution is -2.20. The Morgan fingerprint density at radius 1 is 1.56 bits per heavy atom. The summed E-state index contributed by atoms with van der Waals surface area (Å²) in [5.74, 6) is 0.431. The molecule has 1 aromatic rings. The van der Waals surface area contributed by atoms with E-state index in [9.17, 15) is 19.8 Å². The van der Waals surface area contributed by atoms with Crippen molar-refractivity contribution in [3.05, 3.63) is 29.6 Å². The number of aliphatic hydroxyl groups excluding tert-OH is 2. The highest BCUT2D eigenvalue weighted by Crippen LogP contribution is 2.19. The maximum Gasteiger partial charge on any atom is 0.185 e. The second-order valence-electron chi connectivity index (χ2n) is 3.77. The Bertz CT molecular complexity index is 424. The van der Waals surface area contributed by atoms with Gasteiger partial charge in [0.2, 0.25) is 0 Å². The van der Waals surface area contributed by atoms with Crippen LogP contribution in [0.2, 0.25) is 0 Å². The third kappa shape index (κ3) is 4.56. The summed E-state index contributed by atoms with van der Waals surface area (Å²) in [6.45, 7) is 1.45. The van der Waals surface area contributed by atoms with Gasteiger partial charge in [-0.25, -0.2) is 0 Å². The minimum atomic E-state index is -1.16. The van der Waals surface area contributed by atoms with Gasteiger partial charge in [0.05, 0.1) is 11.8 Å². The van der Waals surface area contributed by atoms with Gasteiger partial charge in [0.25, 0.3) is 0 Å². The van der Waals surface area contributed by atoms with Crippen LogP contribution in [0.1, 0.15) is 35.5 Å². The third-order valence-electron chi connectivity index (χ3n) is 2.33. The number of hydrogen-bond acceptors (Lipinski definition) is 6. The van der Waals surface area contributed by atoms with Crippen molar-refractivity contribution in [3.63, 3.8) is 0 Å². The molecule has 6 heteroatoms. The minimum Gasteiger partial charge on any atom is -0.390 e. The zero-order chi connectivity index (χ0) is 13.5. The highest BCUT2D eigenvalue weighted by Gasteiger charge is 2.19. The number of pyridine rings is 1. The summed E-state index contributed by atoms with van der Waals surface area (Å²) in [6.07, 6.45) is 0.164. The van der Waals surface area contributed by atoms with Crippen molar-refractivity contribution in [1.29, 1.82) is 0 Å². The molecule has 1 heterocycles. The molecule has 0 aliphatic rings. The maximum absolute atomic E-state index is 10.7. The monoisotopic (exact) mass is 269 g/mol. The predicted molar refractivity (Wildman–Crippen MR) is 68.3 cm³/mol. The summed E-state index contributed by atoms with van der Waals surface area (Å²) in [7, 11) is 0. The van der Waals surface area contributed by atoms with Crippen LogP contribution in [0.15, 0.2) is 18.3 Å². The van der Waals surface area contributed by atoms with Gasteiger partial charge in [-0.2, -0.15) is 0 Å². The summed E-state index contributed by atoms with van der Waals surface area (Å²) in [5.41, 5.74) is 0.643. The van der Waals surface area contributed by atoms with Crippen molar-refractivity contribution < 1.29 is 19.8 Å². The van der Waals surface area contributed by atoms with Crippen LogP contribution in [0.5, 0.6) is 0 Å². The van der Waals surface area contributed by atoms with E-state index in [1.54, 1.807) is 0 Å². The molecule has 0 spiro atoms. The molecule has 2 atom stereocenters. The van der Waals surface area contributed by atoms with E-state index in [1.807, 2.05) is 0 Å². The fourth-order valence-electron chi connectivity index (χ4n) is 1.38. The highest BCUT2D eigenvalue weighted by atomic mass is 32.2. The number of aliphatic hydroxyl groups is 2. The van der Waals surface area contributed by atoms with Crippen LogP contribution >= 0.6 is 11.8 Å². The van der Waals surface area contributed by atoms with Crippen molar-refractivity contribution in [3.8, 4) is 0 Å². The average Bonchev–Trinajstić information content (AvgIpc) is 2.37. The molecule has 18 heavy (non-hydrogen) atoms. The number of hydrogen-bond donors (Lipinski definition) is 2. The van der Waals surface area contributed by atoms with E-state index in [2.05, 4.69) is 4.98 Å². The molecule has 0 aromatic carbocycles. The number of thioether (sulfide) groups is 1. The summed E-state index contributed by atoms with van der Waals surface area (Å²) in [4.78, 5) is 25.2. The molecule has 0 radical (unpaired) electrons. The number of aromatic nitrogens is 1. The van der Waals surface area contributed by atoms with Crippen LogP contribution in [0, 0.1) is 0 Å². The van der Waals surface area contributed by atoms with E-state index >= 15 is 0 Å². The van der Waals surface area contributed by atoms with E-state index in [-0.39, 0.29) is 17.2 Å². The molecule has 0 saturated carbocycles. The SMILES string of the molecule is CC(=O)SCCC(O)C(O)c1cc(C=O)ccn1. The van der Waals surface area contributed by atoms with Crippen molar-refractivity contribution in [2.75, 3.05) is 5.75 Å². The Morgan fingerprint density at radius 3 is 2.89 bits per heavy atom. The first-order valence-corrected chi connectivity index (χ1v) is 6.43. The van der Waals surface area contributed by atoms with Crippen molar-refractivity contribution >= 4 is 23.2 Å². The molecule has 2 unspecified atom stereocenters. The Hall–Kier alpha value is -1.24. The molecule has 0 aliphatic heterocycles. The minimum absolute atomic E-state index is 0.0298. The van der Waals surface area contributed by atoms with Gasteiger partial charge in [-0.05, 0) is 18.6 Å². The molecule has 2 N–H and O–H groups in total. The van der Waals surface area contributed by atoms with Crippen LogP contribution in [-0.4, -0.2) is 38.5 Å². The quantitative estimate of drug-likeness (QED) is 0.748. The van der Waals surface area contributed by atoms with E-state index in [0.29, 0.717) is 17.6 Å². The van der Waals surface area contributed by atoms with Crippen LogP contribution in [0.3, 0.4) is 0 Å². The summed E-state index contributed by atoms with van der Waals surface area (Å²) in [6, 6.07) is 2.94. The number of carbonyl (C=O) groups excluding carboxylic acids is 2. The first-order valence-electron chi connectivity index (χ1n) is 5.45. The number of rotatable bonds is 6. The van der Waals surface area contributed by atoms with Gasteiger partial charge in [0, 0.05) is 24.4 Å². The third-order valence-corrected chi connectivity index (χ3v) is 3.17. The first kappa shape index (κ1) is 14.8. The molecule has 98 valence electrons. The Balaban J connectivity index is 2.58. The lowest BCUT2D eigenvalue weighted by Gasteiger charge is -2.16. The molecule has 0 amide bonds. The molecule has 0 aliphatic carbocycles. The molecular formula is C12H15NO4S. The van der Waals surface area contributed by atoms with E-state index in [0.717, 1.165) is 11.8 Å². The Labute approximate surface area is 109 Å². The lowest BCUT2D eigenvalue weighted by molar-refractivity contribution is -0.109. The van der Waals surface area contributed by atoms with Crippen LogP contribution in [0.25, 0.3) is 0 Å². The van der Waals surface area contributed by atoms with Gasteiger partial charge >= 0.3 is 0 Å². The maximum atomic E-state index is 10.7. The molecule has 0 fully saturated rings. The van der Waals surface area contributed by atoms with Crippen molar-refractivity contribution in [2.24, 2.45) is 0 Å². The molecule has 5 nitrogen and oxygen atoms in total. The van der Waals surface area contributed by atoms with E-state index in [1.165, 1.54) is 25.3 Å². The van der Waals surface area contributed by atoms with Crippen molar-refractivity contribution in [1.82, 2.24) is 4.98 Å². The smallest absolute Gasteiger partial charge is 0.185 e. The zero-order valence-electron chi connectivity index (χ0n) is 9.94. The predicted octanol–water partition coefficient (Wildman–Crippen LogP) is 0.958. The van der Waals surface area contributed by atoms with Gasteiger partial charge in [-0.1, -0.05) is 11.8 Å². The summed E-state index contributed by atoms with van der Waals surface area (Å²) >= 11 is 1.09. The topological polar surface area (TPSA) is 87.5 Å². The Morgan fingerprint density at radius 2 is 2.28 bits per heavy atom. The van der Waals surface area contributed by atoms with Gasteiger partial charge in [0.15, 0.2) is 5.12 Å². The van der Waals surface area contributed by atoms with Gasteiger partial charge in [-0.3, -0.25) is 14.6 Å². The van der Waals surface area contributed by atoms with Crippen molar-refractivity contribution in [2.45, 2.75) is 25.6 Å². The van der Waals surface area contributed by atoms with Gasteiger partial charge in [0.1, 0.15) is 12.4 Å².